The molecular weight excluding hydrogens is 380 g/mol. The summed E-state index contributed by atoms with van der Waals surface area (Å²) < 4.78 is 0. The van der Waals surface area contributed by atoms with Crippen LogP contribution in [-0.2, 0) is 9.59 Å². The van der Waals surface area contributed by atoms with E-state index in [1.54, 1.807) is 54.6 Å². The van der Waals surface area contributed by atoms with Crippen molar-refractivity contribution in [3.05, 3.63) is 65.4 Å². The third-order valence-electron chi connectivity index (χ3n) is 5.08. The summed E-state index contributed by atoms with van der Waals surface area (Å²) in [6, 6.07) is 10.7. The van der Waals surface area contributed by atoms with E-state index in [0.29, 0.717) is 24.5 Å². The highest BCUT2D eigenvalue weighted by atomic mass is 16.2. The van der Waals surface area contributed by atoms with Crippen molar-refractivity contribution in [3.63, 3.8) is 0 Å². The van der Waals surface area contributed by atoms with E-state index < -0.39 is 0 Å². The highest BCUT2D eigenvalue weighted by Crippen LogP contribution is 2.19. The Balaban J connectivity index is 1.57. The molecule has 7 heteroatoms. The number of nitrogens with one attached hydrogen (secondary N) is 2. The fraction of sp³-hybridized carbons (Fsp3) is 0.304. The Labute approximate surface area is 176 Å². The second kappa shape index (κ2) is 9.82. The van der Waals surface area contributed by atoms with Gasteiger partial charge in [-0.25, -0.2) is 4.98 Å². The van der Waals surface area contributed by atoms with E-state index in [1.165, 1.54) is 6.08 Å². The van der Waals surface area contributed by atoms with Crippen molar-refractivity contribution in [3.8, 4) is 0 Å². The van der Waals surface area contributed by atoms with Crippen LogP contribution in [0.2, 0.25) is 0 Å². The summed E-state index contributed by atoms with van der Waals surface area (Å²) in [5.41, 5.74) is 2.42. The van der Waals surface area contributed by atoms with Gasteiger partial charge in [-0.05, 0) is 55.2 Å². The predicted molar refractivity (Wildman–Crippen MR) is 116 cm³/mol. The molecule has 0 bridgehead atoms. The summed E-state index contributed by atoms with van der Waals surface area (Å²) in [5.74, 6) is -0.130. The second-order valence-electron chi connectivity index (χ2n) is 7.37. The first-order valence-electron chi connectivity index (χ1n) is 9.99. The monoisotopic (exact) mass is 406 g/mol. The zero-order valence-corrected chi connectivity index (χ0v) is 17.2. The van der Waals surface area contributed by atoms with E-state index in [-0.39, 0.29) is 23.6 Å². The van der Waals surface area contributed by atoms with Gasteiger partial charge in [0.25, 0.3) is 5.91 Å². The maximum absolute atomic E-state index is 12.6. The minimum absolute atomic E-state index is 0.113. The van der Waals surface area contributed by atoms with Crippen LogP contribution in [0.1, 0.15) is 34.3 Å². The Kier molecular flexibility index (Phi) is 6.95. The molecule has 1 aromatic heterocycles. The number of aryl methyl sites for hydroxylation is 1. The fourth-order valence-electron chi connectivity index (χ4n) is 3.32. The molecule has 1 atom stereocenters. The van der Waals surface area contributed by atoms with E-state index in [0.717, 1.165) is 24.0 Å². The standard InChI is InChI=1S/C23H26N4O3/c1-16-5-11-20(25-14-16)26-23(30)19-4-3-13-27(15-19)21(28)12-8-17-6-9-18(10-7-17)22(29)24-2/h5-12,14,19H,3-4,13,15H2,1-2H3,(H,24,29)(H,25,26,30)/b12-8+. The van der Waals surface area contributed by atoms with Gasteiger partial charge in [-0.3, -0.25) is 14.4 Å². The minimum atomic E-state index is -0.258. The van der Waals surface area contributed by atoms with Gasteiger partial charge in [0.2, 0.25) is 11.8 Å². The lowest BCUT2D eigenvalue weighted by Gasteiger charge is -2.31. The number of piperidine rings is 1. The first-order chi connectivity index (χ1) is 14.5. The second-order valence-corrected chi connectivity index (χ2v) is 7.37. The van der Waals surface area contributed by atoms with Crippen LogP contribution in [0.5, 0.6) is 0 Å². The summed E-state index contributed by atoms with van der Waals surface area (Å²) >= 11 is 0. The minimum Gasteiger partial charge on any atom is -0.355 e. The van der Waals surface area contributed by atoms with E-state index in [4.69, 9.17) is 0 Å². The molecule has 156 valence electrons. The molecule has 0 radical (unpaired) electrons. The molecule has 3 rings (SSSR count). The van der Waals surface area contributed by atoms with Crippen molar-refractivity contribution in [2.45, 2.75) is 19.8 Å². The summed E-state index contributed by atoms with van der Waals surface area (Å²) in [7, 11) is 1.58. The maximum Gasteiger partial charge on any atom is 0.251 e. The molecule has 2 N–H and O–H groups in total. The third kappa shape index (κ3) is 5.53. The SMILES string of the molecule is CNC(=O)c1ccc(/C=C/C(=O)N2CCCC(C(=O)Nc3ccc(C)cn3)C2)cc1. The number of benzene rings is 1. The number of hydrogen-bond donors (Lipinski definition) is 2. The zero-order valence-electron chi connectivity index (χ0n) is 17.2. The Morgan fingerprint density at radius 1 is 1.13 bits per heavy atom. The fourth-order valence-corrected chi connectivity index (χ4v) is 3.32. The van der Waals surface area contributed by atoms with Crippen molar-refractivity contribution in [2.75, 3.05) is 25.5 Å². The molecular formula is C23H26N4O3. The van der Waals surface area contributed by atoms with Crippen LogP contribution >= 0.6 is 0 Å². The average Bonchev–Trinajstić information content (AvgIpc) is 2.78. The number of rotatable bonds is 5. The smallest absolute Gasteiger partial charge is 0.251 e. The molecule has 0 spiro atoms. The number of aromatic nitrogens is 1. The van der Waals surface area contributed by atoms with Crippen LogP contribution < -0.4 is 10.6 Å². The van der Waals surface area contributed by atoms with Crippen LogP contribution in [0.4, 0.5) is 5.82 Å². The third-order valence-corrected chi connectivity index (χ3v) is 5.08. The quantitative estimate of drug-likeness (QED) is 0.747. The lowest BCUT2D eigenvalue weighted by molar-refractivity contribution is -0.130. The van der Waals surface area contributed by atoms with E-state index >= 15 is 0 Å². The molecule has 2 heterocycles. The van der Waals surface area contributed by atoms with Gasteiger partial charge in [-0.1, -0.05) is 18.2 Å². The molecule has 7 nitrogen and oxygen atoms in total. The van der Waals surface area contributed by atoms with Gasteiger partial charge in [0.15, 0.2) is 0 Å². The number of likely N-dealkylation sites (tertiary alicyclic amines) is 1. The van der Waals surface area contributed by atoms with Crippen molar-refractivity contribution >= 4 is 29.6 Å². The number of carbonyl (C=O) groups excluding carboxylic acids is 3. The summed E-state index contributed by atoms with van der Waals surface area (Å²) in [6.45, 7) is 2.95. The van der Waals surface area contributed by atoms with Crippen molar-refractivity contribution < 1.29 is 14.4 Å². The highest BCUT2D eigenvalue weighted by molar-refractivity contribution is 5.95. The molecule has 1 fully saturated rings. The Morgan fingerprint density at radius 2 is 1.90 bits per heavy atom. The maximum atomic E-state index is 12.6. The van der Waals surface area contributed by atoms with Gasteiger partial charge in [0.05, 0.1) is 5.92 Å². The normalized spacial score (nSPS) is 16.3. The summed E-state index contributed by atoms with van der Waals surface area (Å²) in [4.78, 5) is 42.7. The van der Waals surface area contributed by atoms with Gasteiger partial charge in [0.1, 0.15) is 5.82 Å². The van der Waals surface area contributed by atoms with Gasteiger partial charge in [0, 0.05) is 38.0 Å². The first-order valence-corrected chi connectivity index (χ1v) is 9.99. The molecule has 3 amide bonds. The number of carbonyl (C=O) groups is 3. The molecule has 1 aliphatic rings. The Hall–Kier alpha value is -3.48. The van der Waals surface area contributed by atoms with Gasteiger partial charge in [-0.2, -0.15) is 0 Å². The first kappa shape index (κ1) is 21.2. The predicted octanol–water partition coefficient (Wildman–Crippen LogP) is 2.64. The lowest BCUT2D eigenvalue weighted by Crippen LogP contribution is -2.43. The number of hydrogen-bond acceptors (Lipinski definition) is 4. The van der Waals surface area contributed by atoms with E-state index in [9.17, 15) is 14.4 Å². The van der Waals surface area contributed by atoms with Gasteiger partial charge < -0.3 is 15.5 Å². The molecule has 1 saturated heterocycles. The average molecular weight is 406 g/mol. The molecule has 0 aliphatic carbocycles. The molecule has 0 saturated carbocycles. The number of anilines is 1. The summed E-state index contributed by atoms with van der Waals surface area (Å²) in [6.07, 6.45) is 6.46. The topological polar surface area (TPSA) is 91.4 Å². The number of pyridine rings is 1. The van der Waals surface area contributed by atoms with Gasteiger partial charge in [-0.15, -0.1) is 0 Å². The zero-order chi connectivity index (χ0) is 21.5. The summed E-state index contributed by atoms with van der Waals surface area (Å²) in [5, 5.41) is 5.41. The van der Waals surface area contributed by atoms with Crippen molar-refractivity contribution in [1.29, 1.82) is 0 Å². The Morgan fingerprint density at radius 3 is 2.57 bits per heavy atom. The molecule has 2 aromatic rings. The van der Waals surface area contributed by atoms with Crippen LogP contribution in [0, 0.1) is 12.8 Å². The highest BCUT2D eigenvalue weighted by Gasteiger charge is 2.27. The van der Waals surface area contributed by atoms with Crippen molar-refractivity contribution in [1.82, 2.24) is 15.2 Å². The lowest BCUT2D eigenvalue weighted by atomic mass is 9.97. The van der Waals surface area contributed by atoms with Crippen LogP contribution in [0.3, 0.4) is 0 Å². The van der Waals surface area contributed by atoms with E-state index in [1.807, 2.05) is 13.0 Å². The van der Waals surface area contributed by atoms with Crippen LogP contribution in [0.25, 0.3) is 6.08 Å². The number of nitrogens with zero attached hydrogens (tertiary/aromatic N) is 2. The molecule has 1 aromatic carbocycles. The van der Waals surface area contributed by atoms with Gasteiger partial charge >= 0.3 is 0 Å². The largest absolute Gasteiger partial charge is 0.355 e. The Bertz CT molecular complexity index is 936. The van der Waals surface area contributed by atoms with E-state index in [2.05, 4.69) is 15.6 Å². The number of amides is 3. The van der Waals surface area contributed by atoms with Crippen LogP contribution in [-0.4, -0.2) is 47.7 Å². The molecule has 1 aliphatic heterocycles. The van der Waals surface area contributed by atoms with Crippen molar-refractivity contribution in [2.24, 2.45) is 5.92 Å². The molecule has 1 unspecified atom stereocenters. The van der Waals surface area contributed by atoms with Crippen LogP contribution in [0.15, 0.2) is 48.7 Å². The molecule has 30 heavy (non-hydrogen) atoms.